The summed E-state index contributed by atoms with van der Waals surface area (Å²) in [5.41, 5.74) is 2.20. The SMILES string of the molecule is CNC(C=C(C)C)c1ccc(F)c(OC)c1. The van der Waals surface area contributed by atoms with Crippen molar-refractivity contribution in [1.29, 1.82) is 0 Å². The van der Waals surface area contributed by atoms with E-state index in [4.69, 9.17) is 4.74 Å². The van der Waals surface area contributed by atoms with Crippen LogP contribution in [0.25, 0.3) is 0 Å². The molecule has 0 radical (unpaired) electrons. The third kappa shape index (κ3) is 3.07. The molecule has 1 aromatic rings. The van der Waals surface area contributed by atoms with Gasteiger partial charge in [0, 0.05) is 0 Å². The van der Waals surface area contributed by atoms with E-state index in [0.717, 1.165) is 5.56 Å². The summed E-state index contributed by atoms with van der Waals surface area (Å²) in [7, 11) is 3.34. The molecule has 1 unspecified atom stereocenters. The van der Waals surface area contributed by atoms with Gasteiger partial charge in [-0.3, -0.25) is 0 Å². The van der Waals surface area contributed by atoms with E-state index in [2.05, 4.69) is 11.4 Å². The molecular formula is C13H18FNO. The molecule has 16 heavy (non-hydrogen) atoms. The quantitative estimate of drug-likeness (QED) is 0.792. The first-order valence-electron chi connectivity index (χ1n) is 5.24. The molecule has 0 bridgehead atoms. The van der Waals surface area contributed by atoms with Crippen molar-refractivity contribution in [2.24, 2.45) is 0 Å². The topological polar surface area (TPSA) is 21.3 Å². The average Bonchev–Trinajstić information content (AvgIpc) is 2.26. The van der Waals surface area contributed by atoms with Gasteiger partial charge in [-0.15, -0.1) is 0 Å². The van der Waals surface area contributed by atoms with Crippen molar-refractivity contribution in [3.63, 3.8) is 0 Å². The summed E-state index contributed by atoms with van der Waals surface area (Å²) in [5.74, 6) is -0.0572. The van der Waals surface area contributed by atoms with Crippen LogP contribution < -0.4 is 10.1 Å². The van der Waals surface area contributed by atoms with Crippen molar-refractivity contribution in [2.75, 3.05) is 14.2 Å². The fourth-order valence-corrected chi connectivity index (χ4v) is 1.55. The maximum absolute atomic E-state index is 13.2. The van der Waals surface area contributed by atoms with E-state index in [-0.39, 0.29) is 17.6 Å². The Kier molecular flexibility index (Phi) is 4.50. The molecule has 0 spiro atoms. The first-order valence-corrected chi connectivity index (χ1v) is 5.24. The summed E-state index contributed by atoms with van der Waals surface area (Å²) in [6.45, 7) is 4.07. The van der Waals surface area contributed by atoms with E-state index in [1.165, 1.54) is 18.7 Å². The van der Waals surface area contributed by atoms with Crippen LogP contribution in [0.2, 0.25) is 0 Å². The maximum atomic E-state index is 13.2. The lowest BCUT2D eigenvalue weighted by Crippen LogP contribution is -2.14. The van der Waals surface area contributed by atoms with Gasteiger partial charge in [0.25, 0.3) is 0 Å². The van der Waals surface area contributed by atoms with Crippen LogP contribution in [0.3, 0.4) is 0 Å². The molecule has 0 amide bonds. The van der Waals surface area contributed by atoms with Gasteiger partial charge in [0.1, 0.15) is 0 Å². The first-order chi connectivity index (χ1) is 7.58. The van der Waals surface area contributed by atoms with Crippen LogP contribution in [0.5, 0.6) is 5.75 Å². The maximum Gasteiger partial charge on any atom is 0.165 e. The number of nitrogens with one attached hydrogen (secondary N) is 1. The van der Waals surface area contributed by atoms with Crippen molar-refractivity contribution in [3.8, 4) is 5.75 Å². The molecule has 3 heteroatoms. The molecule has 0 aliphatic carbocycles. The monoisotopic (exact) mass is 223 g/mol. The second-order valence-corrected chi connectivity index (χ2v) is 3.90. The second-order valence-electron chi connectivity index (χ2n) is 3.90. The molecule has 88 valence electrons. The Hall–Kier alpha value is -1.35. The lowest BCUT2D eigenvalue weighted by atomic mass is 10.0. The van der Waals surface area contributed by atoms with Crippen LogP contribution >= 0.6 is 0 Å². The van der Waals surface area contributed by atoms with Gasteiger partial charge in [-0.2, -0.15) is 0 Å². The summed E-state index contributed by atoms with van der Waals surface area (Å²) in [6, 6.07) is 4.99. The van der Waals surface area contributed by atoms with E-state index in [1.807, 2.05) is 20.9 Å². The van der Waals surface area contributed by atoms with E-state index in [0.29, 0.717) is 0 Å². The summed E-state index contributed by atoms with van der Waals surface area (Å²) < 4.78 is 18.2. The minimum absolute atomic E-state index is 0.0829. The van der Waals surface area contributed by atoms with E-state index in [9.17, 15) is 4.39 Å². The van der Waals surface area contributed by atoms with E-state index < -0.39 is 0 Å². The zero-order valence-corrected chi connectivity index (χ0v) is 10.2. The standard InChI is InChI=1S/C13H18FNO/c1-9(2)7-12(15-3)10-5-6-11(14)13(8-10)16-4/h5-8,12,15H,1-4H3. The number of benzene rings is 1. The van der Waals surface area contributed by atoms with Gasteiger partial charge in [0.15, 0.2) is 11.6 Å². The van der Waals surface area contributed by atoms with Crippen LogP contribution in [-0.2, 0) is 0 Å². The molecule has 0 heterocycles. The largest absolute Gasteiger partial charge is 0.494 e. The van der Waals surface area contributed by atoms with Crippen LogP contribution in [-0.4, -0.2) is 14.2 Å². The highest BCUT2D eigenvalue weighted by atomic mass is 19.1. The van der Waals surface area contributed by atoms with Crippen molar-refractivity contribution in [1.82, 2.24) is 5.32 Å². The molecular weight excluding hydrogens is 205 g/mol. The Morgan fingerprint density at radius 2 is 2.12 bits per heavy atom. The van der Waals surface area contributed by atoms with Gasteiger partial charge in [-0.25, -0.2) is 4.39 Å². The Bertz CT molecular complexity index is 384. The van der Waals surface area contributed by atoms with Crippen molar-refractivity contribution < 1.29 is 9.13 Å². The number of rotatable bonds is 4. The smallest absolute Gasteiger partial charge is 0.165 e. The average molecular weight is 223 g/mol. The molecule has 1 N–H and O–H groups in total. The van der Waals surface area contributed by atoms with Gasteiger partial charge in [0.2, 0.25) is 0 Å². The predicted octanol–water partition coefficient (Wildman–Crippen LogP) is 3.06. The molecule has 0 aliphatic heterocycles. The van der Waals surface area contributed by atoms with Gasteiger partial charge >= 0.3 is 0 Å². The van der Waals surface area contributed by atoms with Crippen LogP contribution in [0.4, 0.5) is 4.39 Å². The lowest BCUT2D eigenvalue weighted by Gasteiger charge is -2.14. The molecule has 1 atom stereocenters. The van der Waals surface area contributed by atoms with Crippen LogP contribution in [0.15, 0.2) is 29.8 Å². The first kappa shape index (κ1) is 12.7. The predicted molar refractivity (Wildman–Crippen MR) is 64.2 cm³/mol. The molecule has 0 aliphatic rings. The summed E-state index contributed by atoms with van der Waals surface area (Å²) in [6.07, 6.45) is 2.09. The Labute approximate surface area is 96.1 Å². The molecule has 0 saturated carbocycles. The highest BCUT2D eigenvalue weighted by Crippen LogP contribution is 2.23. The van der Waals surface area contributed by atoms with Gasteiger partial charge in [-0.1, -0.05) is 17.7 Å². The second kappa shape index (κ2) is 5.66. The summed E-state index contributed by atoms with van der Waals surface area (Å²) in [4.78, 5) is 0. The fraction of sp³-hybridized carbons (Fsp3) is 0.385. The fourth-order valence-electron chi connectivity index (χ4n) is 1.55. The number of hydrogen-bond acceptors (Lipinski definition) is 2. The van der Waals surface area contributed by atoms with Crippen molar-refractivity contribution in [2.45, 2.75) is 19.9 Å². The number of likely N-dealkylation sites (N-methyl/N-ethyl adjacent to an activating group) is 1. The van der Waals surface area contributed by atoms with E-state index >= 15 is 0 Å². The van der Waals surface area contributed by atoms with Gasteiger partial charge < -0.3 is 10.1 Å². The summed E-state index contributed by atoms with van der Waals surface area (Å²) in [5, 5.41) is 3.17. The van der Waals surface area contributed by atoms with Gasteiger partial charge in [0.05, 0.1) is 13.2 Å². The summed E-state index contributed by atoms with van der Waals surface area (Å²) >= 11 is 0. The number of ether oxygens (including phenoxy) is 1. The van der Waals surface area contributed by atoms with E-state index in [1.54, 1.807) is 12.1 Å². The minimum Gasteiger partial charge on any atom is -0.494 e. The molecule has 0 saturated heterocycles. The highest BCUT2D eigenvalue weighted by molar-refractivity contribution is 5.34. The lowest BCUT2D eigenvalue weighted by molar-refractivity contribution is 0.385. The normalized spacial score (nSPS) is 12.1. The molecule has 1 aromatic carbocycles. The Morgan fingerprint density at radius 3 is 2.62 bits per heavy atom. The van der Waals surface area contributed by atoms with Crippen molar-refractivity contribution in [3.05, 3.63) is 41.2 Å². The number of halogens is 1. The van der Waals surface area contributed by atoms with Crippen LogP contribution in [0, 0.1) is 5.82 Å². The number of allylic oxidation sites excluding steroid dienone is 1. The number of methoxy groups -OCH3 is 1. The Balaban J connectivity index is 3.06. The molecule has 0 aromatic heterocycles. The third-order valence-corrected chi connectivity index (χ3v) is 2.35. The zero-order chi connectivity index (χ0) is 12.1. The molecule has 1 rings (SSSR count). The van der Waals surface area contributed by atoms with Gasteiger partial charge in [-0.05, 0) is 38.6 Å². The molecule has 0 fully saturated rings. The van der Waals surface area contributed by atoms with Crippen molar-refractivity contribution >= 4 is 0 Å². The molecule has 2 nitrogen and oxygen atoms in total. The Morgan fingerprint density at radius 1 is 1.44 bits per heavy atom. The third-order valence-electron chi connectivity index (χ3n) is 2.35. The van der Waals surface area contributed by atoms with Crippen LogP contribution in [0.1, 0.15) is 25.5 Å². The number of hydrogen-bond donors (Lipinski definition) is 1. The zero-order valence-electron chi connectivity index (χ0n) is 10.2. The minimum atomic E-state index is -0.335. The highest BCUT2D eigenvalue weighted by Gasteiger charge is 2.09.